The average molecular weight is 444 g/mol. The molecule has 5 nitrogen and oxygen atoms in total. The second-order valence-corrected chi connectivity index (χ2v) is 8.35. The van der Waals surface area contributed by atoms with Crippen molar-refractivity contribution in [3.05, 3.63) is 102 Å². The molecule has 1 amide bonds. The Morgan fingerprint density at radius 2 is 1.70 bits per heavy atom. The van der Waals surface area contributed by atoms with Crippen LogP contribution in [0.25, 0.3) is 11.3 Å². The number of benzene rings is 2. The normalized spacial score (nSPS) is 13.2. The number of carbonyl (C=O) groups is 1. The topological polar surface area (TPSA) is 61.9 Å². The Balaban J connectivity index is 1.43. The molecule has 7 heteroatoms. The first kappa shape index (κ1) is 21.0. The summed E-state index contributed by atoms with van der Waals surface area (Å²) < 4.78 is 27.6. The first-order chi connectivity index (χ1) is 16.0. The Morgan fingerprint density at radius 1 is 0.939 bits per heavy atom. The third kappa shape index (κ3) is 4.98. The third-order valence-electron chi connectivity index (χ3n) is 5.77. The fourth-order valence-electron chi connectivity index (χ4n) is 3.96. The molecule has 2 aromatic carbocycles. The van der Waals surface area contributed by atoms with Crippen LogP contribution in [0.1, 0.15) is 35.4 Å². The number of aromatic amines is 1. The van der Waals surface area contributed by atoms with Gasteiger partial charge in [0.15, 0.2) is 0 Å². The highest BCUT2D eigenvalue weighted by molar-refractivity contribution is 5.95. The summed E-state index contributed by atoms with van der Waals surface area (Å²) in [6.07, 6.45) is 9.32. The van der Waals surface area contributed by atoms with Gasteiger partial charge in [0.1, 0.15) is 11.6 Å². The molecule has 0 radical (unpaired) electrons. The number of imidazole rings is 1. The number of rotatable bonds is 7. The van der Waals surface area contributed by atoms with Gasteiger partial charge in [-0.25, -0.2) is 13.8 Å². The number of halogens is 2. The maximum Gasteiger partial charge on any atom is 0.231 e. The Bertz CT molecular complexity index is 1250. The Morgan fingerprint density at radius 3 is 2.36 bits per heavy atom. The maximum atomic E-state index is 13.8. The molecule has 1 aliphatic carbocycles. The highest BCUT2D eigenvalue weighted by Gasteiger charge is 2.24. The molecule has 0 bridgehead atoms. The quantitative estimate of drug-likeness (QED) is 0.415. The number of aromatic nitrogens is 3. The summed E-state index contributed by atoms with van der Waals surface area (Å²) in [6.45, 7) is 0.0483. The molecule has 1 saturated carbocycles. The molecule has 2 heterocycles. The van der Waals surface area contributed by atoms with E-state index < -0.39 is 11.6 Å². The number of hydrogen-bond acceptors (Lipinski definition) is 3. The number of anilines is 1. The van der Waals surface area contributed by atoms with Crippen LogP contribution < -0.4 is 4.90 Å². The number of amides is 1. The van der Waals surface area contributed by atoms with Gasteiger partial charge >= 0.3 is 0 Å². The Hall–Kier alpha value is -3.87. The minimum atomic E-state index is -0.673. The minimum Gasteiger partial charge on any atom is -0.345 e. The van der Waals surface area contributed by atoms with E-state index in [-0.39, 0.29) is 18.9 Å². The summed E-state index contributed by atoms with van der Waals surface area (Å²) >= 11 is 0. The van der Waals surface area contributed by atoms with Gasteiger partial charge in [-0.2, -0.15) is 0 Å². The van der Waals surface area contributed by atoms with Crippen LogP contribution in [0, 0.1) is 11.6 Å². The van der Waals surface area contributed by atoms with Gasteiger partial charge < -0.3 is 9.88 Å². The van der Waals surface area contributed by atoms with Crippen LogP contribution in [0.3, 0.4) is 0 Å². The molecule has 0 spiro atoms. The lowest BCUT2D eigenvalue weighted by molar-refractivity contribution is -0.118. The van der Waals surface area contributed by atoms with Crippen LogP contribution in [0.2, 0.25) is 0 Å². The predicted octanol–water partition coefficient (Wildman–Crippen LogP) is 5.40. The molecule has 0 saturated heterocycles. The van der Waals surface area contributed by atoms with Crippen LogP contribution in [-0.4, -0.2) is 20.9 Å². The SMILES string of the molecule is O=C(Cc1cncc(C2CC2)c1)N(Cc1cc(F)cc(F)c1)c1ccc(-c2cnc[nH]2)cc1. The number of H-pyrrole nitrogens is 1. The van der Waals surface area contributed by atoms with Gasteiger partial charge in [-0.1, -0.05) is 18.2 Å². The van der Waals surface area contributed by atoms with E-state index in [0.717, 1.165) is 41.3 Å². The molecule has 33 heavy (non-hydrogen) atoms. The molecular weight excluding hydrogens is 422 g/mol. The number of nitrogens with one attached hydrogen (secondary N) is 1. The first-order valence-electron chi connectivity index (χ1n) is 10.8. The zero-order valence-electron chi connectivity index (χ0n) is 17.8. The van der Waals surface area contributed by atoms with Crippen molar-refractivity contribution in [3.8, 4) is 11.3 Å². The van der Waals surface area contributed by atoms with Crippen LogP contribution in [0.5, 0.6) is 0 Å². The first-order valence-corrected chi connectivity index (χ1v) is 10.8. The number of pyridine rings is 1. The highest BCUT2D eigenvalue weighted by Crippen LogP contribution is 2.39. The fraction of sp³-hybridized carbons (Fsp3) is 0.192. The number of nitrogens with zero attached hydrogens (tertiary/aromatic N) is 3. The van der Waals surface area contributed by atoms with Gasteiger partial charge in [0.2, 0.25) is 5.91 Å². The van der Waals surface area contributed by atoms with E-state index in [2.05, 4.69) is 15.0 Å². The lowest BCUT2D eigenvalue weighted by Gasteiger charge is -2.24. The van der Waals surface area contributed by atoms with E-state index in [9.17, 15) is 13.6 Å². The van der Waals surface area contributed by atoms with Crippen molar-refractivity contribution in [3.63, 3.8) is 0 Å². The number of carbonyl (C=O) groups excluding carboxylic acids is 1. The van der Waals surface area contributed by atoms with E-state index in [1.807, 2.05) is 36.5 Å². The molecule has 0 aliphatic heterocycles. The molecule has 4 aromatic rings. The van der Waals surface area contributed by atoms with Crippen molar-refractivity contribution >= 4 is 11.6 Å². The summed E-state index contributed by atoms with van der Waals surface area (Å²) in [5.41, 5.74) is 4.77. The van der Waals surface area contributed by atoms with Crippen molar-refractivity contribution in [2.45, 2.75) is 31.7 Å². The van der Waals surface area contributed by atoms with Gasteiger partial charge in [0.25, 0.3) is 0 Å². The van der Waals surface area contributed by atoms with E-state index in [0.29, 0.717) is 17.2 Å². The largest absolute Gasteiger partial charge is 0.345 e. The van der Waals surface area contributed by atoms with Gasteiger partial charge in [-0.15, -0.1) is 0 Å². The molecule has 0 unspecified atom stereocenters. The van der Waals surface area contributed by atoms with Crippen LogP contribution in [0.15, 0.2) is 73.4 Å². The van der Waals surface area contributed by atoms with Crippen molar-refractivity contribution in [2.75, 3.05) is 4.90 Å². The van der Waals surface area contributed by atoms with Crippen LogP contribution >= 0.6 is 0 Å². The summed E-state index contributed by atoms with van der Waals surface area (Å²) in [4.78, 5) is 26.3. The molecular formula is C26H22F2N4O. The van der Waals surface area contributed by atoms with Crippen LogP contribution in [0.4, 0.5) is 14.5 Å². The smallest absolute Gasteiger partial charge is 0.231 e. The second kappa shape index (κ2) is 8.94. The monoisotopic (exact) mass is 444 g/mol. The van der Waals surface area contributed by atoms with Crippen molar-refractivity contribution in [1.29, 1.82) is 0 Å². The molecule has 5 rings (SSSR count). The van der Waals surface area contributed by atoms with Gasteiger partial charge in [-0.3, -0.25) is 9.78 Å². The van der Waals surface area contributed by atoms with Gasteiger partial charge in [0, 0.05) is 24.1 Å². The van der Waals surface area contributed by atoms with E-state index in [1.54, 1.807) is 23.6 Å². The summed E-state index contributed by atoms with van der Waals surface area (Å²) in [5, 5.41) is 0. The lowest BCUT2D eigenvalue weighted by Crippen LogP contribution is -2.32. The van der Waals surface area contributed by atoms with Crippen molar-refractivity contribution in [2.24, 2.45) is 0 Å². The molecule has 1 aliphatic rings. The average Bonchev–Trinajstić information content (AvgIpc) is 3.51. The predicted molar refractivity (Wildman–Crippen MR) is 121 cm³/mol. The minimum absolute atomic E-state index is 0.0483. The van der Waals surface area contributed by atoms with E-state index >= 15 is 0 Å². The summed E-state index contributed by atoms with van der Waals surface area (Å²) in [6, 6.07) is 12.8. The standard InChI is InChI=1S/C26H22F2N4O/c27-22-8-18(9-23(28)11-22)15-32(24-5-3-20(4-6-24)25-14-30-16-31-25)26(33)10-17-7-21(13-29-12-17)19-1-2-19/h3-9,11-14,16,19H,1-2,10,15H2,(H,30,31). The summed E-state index contributed by atoms with van der Waals surface area (Å²) in [5.74, 6) is -0.987. The Labute approximate surface area is 190 Å². The summed E-state index contributed by atoms with van der Waals surface area (Å²) in [7, 11) is 0. The third-order valence-corrected chi connectivity index (χ3v) is 5.77. The number of hydrogen-bond donors (Lipinski definition) is 1. The zero-order chi connectivity index (χ0) is 22.8. The molecule has 166 valence electrons. The van der Waals surface area contributed by atoms with Gasteiger partial charge in [-0.05, 0) is 65.3 Å². The molecule has 2 aromatic heterocycles. The van der Waals surface area contributed by atoms with Crippen molar-refractivity contribution in [1.82, 2.24) is 15.0 Å². The van der Waals surface area contributed by atoms with Gasteiger partial charge in [0.05, 0.1) is 31.2 Å². The second-order valence-electron chi connectivity index (χ2n) is 8.35. The molecule has 0 atom stereocenters. The van der Waals surface area contributed by atoms with E-state index in [1.165, 1.54) is 12.1 Å². The fourth-order valence-corrected chi connectivity index (χ4v) is 3.96. The van der Waals surface area contributed by atoms with E-state index in [4.69, 9.17) is 0 Å². The zero-order valence-corrected chi connectivity index (χ0v) is 17.8. The van der Waals surface area contributed by atoms with Crippen LogP contribution in [-0.2, 0) is 17.8 Å². The molecule has 1 fully saturated rings. The highest BCUT2D eigenvalue weighted by atomic mass is 19.1. The van der Waals surface area contributed by atoms with Crippen molar-refractivity contribution < 1.29 is 13.6 Å². The molecule has 1 N–H and O–H groups in total. The Kier molecular flexibility index (Phi) is 5.69. The lowest BCUT2D eigenvalue weighted by atomic mass is 10.1. The maximum absolute atomic E-state index is 13.8.